The number of aliphatic hydroxyl groups is 1. The Morgan fingerprint density at radius 1 is 1.47 bits per heavy atom. The summed E-state index contributed by atoms with van der Waals surface area (Å²) in [5.74, 6) is 0. The van der Waals surface area contributed by atoms with E-state index in [0.29, 0.717) is 6.54 Å². The van der Waals surface area contributed by atoms with Crippen molar-refractivity contribution in [3.05, 3.63) is 11.9 Å². The van der Waals surface area contributed by atoms with E-state index in [1.54, 1.807) is 4.68 Å². The maximum atomic E-state index is 8.71. The van der Waals surface area contributed by atoms with Crippen LogP contribution in [0.25, 0.3) is 0 Å². The van der Waals surface area contributed by atoms with Crippen molar-refractivity contribution in [1.29, 1.82) is 0 Å². The molecular formula is C10H20N4O. The number of nitrogens with zero attached hydrogens (tertiary/aromatic N) is 3. The highest BCUT2D eigenvalue weighted by Gasteiger charge is 2.09. The maximum Gasteiger partial charge on any atom is 0.0964 e. The van der Waals surface area contributed by atoms with Gasteiger partial charge in [-0.3, -0.25) is 0 Å². The number of nitrogens with one attached hydrogen (secondary N) is 1. The van der Waals surface area contributed by atoms with E-state index in [4.69, 9.17) is 5.11 Å². The smallest absolute Gasteiger partial charge is 0.0964 e. The first-order valence-electron chi connectivity index (χ1n) is 5.22. The molecule has 0 aliphatic carbocycles. The Morgan fingerprint density at radius 2 is 2.20 bits per heavy atom. The molecule has 1 aromatic rings. The van der Waals surface area contributed by atoms with Crippen molar-refractivity contribution in [3.63, 3.8) is 0 Å². The minimum Gasteiger partial charge on any atom is -0.394 e. The molecule has 0 amide bonds. The lowest BCUT2D eigenvalue weighted by atomic mass is 9.97. The third kappa shape index (κ3) is 4.90. The summed E-state index contributed by atoms with van der Waals surface area (Å²) in [6.07, 6.45) is 1.85. The van der Waals surface area contributed by atoms with Gasteiger partial charge < -0.3 is 10.4 Å². The van der Waals surface area contributed by atoms with E-state index in [1.165, 1.54) is 0 Å². The topological polar surface area (TPSA) is 63.0 Å². The lowest BCUT2D eigenvalue weighted by Crippen LogP contribution is -2.26. The summed E-state index contributed by atoms with van der Waals surface area (Å²) < 4.78 is 1.65. The van der Waals surface area contributed by atoms with Crippen molar-refractivity contribution in [2.24, 2.45) is 5.41 Å². The summed E-state index contributed by atoms with van der Waals surface area (Å²) in [4.78, 5) is 0. The Kier molecular flexibility index (Phi) is 4.23. The van der Waals surface area contributed by atoms with Crippen LogP contribution in [0.4, 0.5) is 0 Å². The predicted molar refractivity (Wildman–Crippen MR) is 58.3 cm³/mol. The van der Waals surface area contributed by atoms with Gasteiger partial charge in [-0.05, 0) is 5.41 Å². The van der Waals surface area contributed by atoms with Gasteiger partial charge in [0.1, 0.15) is 0 Å². The monoisotopic (exact) mass is 212 g/mol. The molecule has 0 aliphatic rings. The number of aliphatic hydroxyl groups excluding tert-OH is 1. The van der Waals surface area contributed by atoms with Gasteiger partial charge in [0, 0.05) is 19.3 Å². The first-order chi connectivity index (χ1) is 7.01. The summed E-state index contributed by atoms with van der Waals surface area (Å²) in [6.45, 7) is 8.82. The molecule has 1 rings (SSSR count). The lowest BCUT2D eigenvalue weighted by Gasteiger charge is -2.17. The van der Waals surface area contributed by atoms with E-state index >= 15 is 0 Å². The molecular weight excluding hydrogens is 192 g/mol. The van der Waals surface area contributed by atoms with Gasteiger partial charge in [-0.25, -0.2) is 4.68 Å². The zero-order valence-electron chi connectivity index (χ0n) is 9.69. The van der Waals surface area contributed by atoms with Crippen LogP contribution in [0.5, 0.6) is 0 Å². The van der Waals surface area contributed by atoms with Gasteiger partial charge in [0.25, 0.3) is 0 Å². The zero-order chi connectivity index (χ0) is 11.3. The quantitative estimate of drug-likeness (QED) is 0.742. The van der Waals surface area contributed by atoms with E-state index in [0.717, 1.165) is 18.8 Å². The van der Waals surface area contributed by atoms with Crippen molar-refractivity contribution in [2.75, 3.05) is 13.2 Å². The van der Waals surface area contributed by atoms with Crippen LogP contribution in [-0.4, -0.2) is 33.3 Å². The van der Waals surface area contributed by atoms with Gasteiger partial charge in [-0.2, -0.15) is 0 Å². The van der Waals surface area contributed by atoms with E-state index in [9.17, 15) is 0 Å². The number of aromatic nitrogens is 3. The molecule has 0 saturated carbocycles. The van der Waals surface area contributed by atoms with Gasteiger partial charge in [-0.1, -0.05) is 26.0 Å². The Labute approximate surface area is 90.5 Å². The minimum absolute atomic E-state index is 0.0955. The fourth-order valence-corrected chi connectivity index (χ4v) is 1.20. The highest BCUT2D eigenvalue weighted by Crippen LogP contribution is 2.10. The Bertz CT molecular complexity index is 290. The summed E-state index contributed by atoms with van der Waals surface area (Å²) in [5, 5.41) is 19.9. The highest BCUT2D eigenvalue weighted by molar-refractivity contribution is 4.91. The van der Waals surface area contributed by atoms with Gasteiger partial charge in [-0.15, -0.1) is 5.10 Å². The Balaban J connectivity index is 2.31. The van der Waals surface area contributed by atoms with Crippen molar-refractivity contribution in [2.45, 2.75) is 33.9 Å². The van der Waals surface area contributed by atoms with Crippen LogP contribution in [0.1, 0.15) is 26.5 Å². The van der Waals surface area contributed by atoms with Crippen molar-refractivity contribution >= 4 is 0 Å². The third-order valence-corrected chi connectivity index (χ3v) is 1.88. The molecule has 0 atom stereocenters. The van der Waals surface area contributed by atoms with Crippen molar-refractivity contribution in [1.82, 2.24) is 20.3 Å². The molecule has 1 aromatic heterocycles. The van der Waals surface area contributed by atoms with Crippen LogP contribution in [0.2, 0.25) is 0 Å². The Hall–Kier alpha value is -0.940. The van der Waals surface area contributed by atoms with E-state index in [2.05, 4.69) is 36.4 Å². The third-order valence-electron chi connectivity index (χ3n) is 1.88. The van der Waals surface area contributed by atoms with Crippen LogP contribution in [0.15, 0.2) is 6.20 Å². The number of hydrogen-bond donors (Lipinski definition) is 2. The second-order valence-electron chi connectivity index (χ2n) is 4.86. The van der Waals surface area contributed by atoms with Gasteiger partial charge in [0.15, 0.2) is 0 Å². The predicted octanol–water partition coefficient (Wildman–Crippen LogP) is 0.406. The molecule has 15 heavy (non-hydrogen) atoms. The molecule has 0 aliphatic heterocycles. The fraction of sp³-hybridized carbons (Fsp3) is 0.800. The molecule has 2 N–H and O–H groups in total. The van der Waals surface area contributed by atoms with E-state index in [1.807, 2.05) is 6.20 Å². The van der Waals surface area contributed by atoms with Gasteiger partial charge >= 0.3 is 0 Å². The van der Waals surface area contributed by atoms with E-state index in [-0.39, 0.29) is 12.0 Å². The second kappa shape index (κ2) is 5.23. The summed E-state index contributed by atoms with van der Waals surface area (Å²) in [5.41, 5.74) is 1.19. The normalized spacial score (nSPS) is 12.0. The average molecular weight is 212 g/mol. The second-order valence-corrected chi connectivity index (χ2v) is 4.86. The number of hydrogen-bond acceptors (Lipinski definition) is 4. The standard InChI is InChI=1S/C10H20N4O/c1-10(2,3)8-11-6-9-7-14(4-5-15)13-12-9/h7,11,15H,4-6,8H2,1-3H3. The zero-order valence-corrected chi connectivity index (χ0v) is 9.69. The molecule has 0 bridgehead atoms. The lowest BCUT2D eigenvalue weighted by molar-refractivity contribution is 0.268. The Morgan fingerprint density at radius 3 is 2.80 bits per heavy atom. The summed E-state index contributed by atoms with van der Waals surface area (Å²) in [6, 6.07) is 0. The molecule has 0 radical (unpaired) electrons. The van der Waals surface area contributed by atoms with Crippen molar-refractivity contribution in [3.8, 4) is 0 Å². The van der Waals surface area contributed by atoms with Crippen LogP contribution < -0.4 is 5.32 Å². The highest BCUT2D eigenvalue weighted by atomic mass is 16.3. The summed E-state index contributed by atoms with van der Waals surface area (Å²) in [7, 11) is 0. The van der Waals surface area contributed by atoms with Crippen molar-refractivity contribution < 1.29 is 5.11 Å². The minimum atomic E-state index is 0.0955. The van der Waals surface area contributed by atoms with E-state index < -0.39 is 0 Å². The molecule has 0 aromatic carbocycles. The SMILES string of the molecule is CC(C)(C)CNCc1cn(CCO)nn1. The molecule has 0 fully saturated rings. The molecule has 0 unspecified atom stereocenters. The first kappa shape index (κ1) is 12.1. The largest absolute Gasteiger partial charge is 0.394 e. The molecule has 0 spiro atoms. The molecule has 0 saturated heterocycles. The van der Waals surface area contributed by atoms with Crippen LogP contribution in [-0.2, 0) is 13.1 Å². The van der Waals surface area contributed by atoms with Gasteiger partial charge in [0.2, 0.25) is 0 Å². The van der Waals surface area contributed by atoms with Crippen LogP contribution in [0.3, 0.4) is 0 Å². The number of rotatable bonds is 5. The van der Waals surface area contributed by atoms with Crippen LogP contribution >= 0.6 is 0 Å². The fourth-order valence-electron chi connectivity index (χ4n) is 1.20. The van der Waals surface area contributed by atoms with Crippen LogP contribution in [0, 0.1) is 5.41 Å². The average Bonchev–Trinajstić information content (AvgIpc) is 2.51. The maximum absolute atomic E-state index is 8.71. The molecule has 1 heterocycles. The van der Waals surface area contributed by atoms with Gasteiger partial charge in [0.05, 0.1) is 18.8 Å². The first-order valence-corrected chi connectivity index (χ1v) is 5.22. The molecule has 86 valence electrons. The summed E-state index contributed by atoms with van der Waals surface area (Å²) >= 11 is 0. The molecule has 5 nitrogen and oxygen atoms in total. The molecule has 5 heteroatoms.